The van der Waals surface area contributed by atoms with Gasteiger partial charge in [-0.15, -0.1) is 0 Å². The maximum absolute atomic E-state index is 14.4. The largest absolute Gasteiger partial charge is 0.382 e. The quantitative estimate of drug-likeness (QED) is 0.770. The molecule has 0 aliphatic heterocycles. The van der Waals surface area contributed by atoms with E-state index in [1.807, 2.05) is 0 Å². The Labute approximate surface area is 141 Å². The van der Waals surface area contributed by atoms with Gasteiger partial charge >= 0.3 is 0 Å². The van der Waals surface area contributed by atoms with E-state index in [0.29, 0.717) is 6.07 Å². The highest BCUT2D eigenvalue weighted by molar-refractivity contribution is 5.32. The van der Waals surface area contributed by atoms with Crippen molar-refractivity contribution in [3.63, 3.8) is 0 Å². The summed E-state index contributed by atoms with van der Waals surface area (Å²) < 4.78 is 43.2. The minimum absolute atomic E-state index is 0.154. The second kappa shape index (κ2) is 6.64. The van der Waals surface area contributed by atoms with E-state index in [1.54, 1.807) is 6.92 Å². The molecule has 3 rings (SSSR count). The lowest BCUT2D eigenvalue weighted by atomic mass is 9.78. The van der Waals surface area contributed by atoms with Gasteiger partial charge in [-0.25, -0.2) is 22.8 Å². The number of halogens is 3. The van der Waals surface area contributed by atoms with Crippen molar-refractivity contribution in [1.82, 2.24) is 19.7 Å². The Morgan fingerprint density at radius 2 is 1.96 bits per heavy atom. The number of rotatable bonds is 5. The van der Waals surface area contributed by atoms with Gasteiger partial charge in [-0.05, 0) is 17.7 Å². The van der Waals surface area contributed by atoms with Crippen LogP contribution in [-0.2, 0) is 12.1 Å². The zero-order valence-corrected chi connectivity index (χ0v) is 13.3. The lowest BCUT2D eigenvalue weighted by Gasteiger charge is -2.35. The highest BCUT2D eigenvalue weighted by atomic mass is 19.1. The van der Waals surface area contributed by atoms with Crippen molar-refractivity contribution in [2.75, 3.05) is 0 Å². The molecule has 0 unspecified atom stereocenters. The molecule has 2 heterocycles. The molecule has 0 aliphatic carbocycles. The topological polar surface area (TPSA) is 63.8 Å². The van der Waals surface area contributed by atoms with E-state index in [1.165, 1.54) is 29.6 Å². The maximum Gasteiger partial charge on any atom is 0.145 e. The summed E-state index contributed by atoms with van der Waals surface area (Å²) in [4.78, 5) is 7.47. The lowest BCUT2D eigenvalue weighted by molar-refractivity contribution is -0.0121. The van der Waals surface area contributed by atoms with Crippen molar-refractivity contribution in [3.8, 4) is 0 Å². The smallest absolute Gasteiger partial charge is 0.145 e. The molecule has 1 aromatic carbocycles. The Hall–Kier alpha value is -2.74. The number of hydrogen-bond donors (Lipinski definition) is 1. The molecule has 0 saturated carbocycles. The number of aromatic nitrogens is 4. The van der Waals surface area contributed by atoms with Crippen LogP contribution in [-0.4, -0.2) is 24.9 Å². The van der Waals surface area contributed by atoms with Crippen molar-refractivity contribution in [2.45, 2.75) is 25.0 Å². The summed E-state index contributed by atoms with van der Waals surface area (Å²) in [5.41, 5.74) is -1.90. The SMILES string of the molecule is C[C@@H](c1ccncc1F)[C@](O)(Cn1cncn1)c1ccc(F)cc1F. The van der Waals surface area contributed by atoms with Crippen LogP contribution in [0.25, 0.3) is 0 Å². The van der Waals surface area contributed by atoms with Gasteiger partial charge in [0, 0.05) is 23.7 Å². The molecule has 5 nitrogen and oxygen atoms in total. The fourth-order valence-corrected chi connectivity index (χ4v) is 2.85. The Kier molecular flexibility index (Phi) is 4.54. The summed E-state index contributed by atoms with van der Waals surface area (Å²) in [6.07, 6.45) is 5.01. The highest BCUT2D eigenvalue weighted by Gasteiger charge is 2.40. The Morgan fingerprint density at radius 3 is 2.60 bits per heavy atom. The van der Waals surface area contributed by atoms with Crippen LogP contribution in [0, 0.1) is 17.5 Å². The third-order valence-corrected chi connectivity index (χ3v) is 4.25. The van der Waals surface area contributed by atoms with E-state index in [4.69, 9.17) is 0 Å². The van der Waals surface area contributed by atoms with E-state index in [9.17, 15) is 18.3 Å². The minimum atomic E-state index is -1.90. The standard InChI is InChI=1S/C17H15F3N4O/c1-11(13-4-5-21-7-16(13)20)17(25,8-24-10-22-9-23-24)14-3-2-12(18)6-15(14)19/h2-7,9-11,25H,8H2,1H3/t11-,17+/m0/s1. The first-order valence-electron chi connectivity index (χ1n) is 7.51. The van der Waals surface area contributed by atoms with Gasteiger partial charge in [0.2, 0.25) is 0 Å². The molecule has 8 heteroatoms. The normalized spacial score (nSPS) is 14.9. The molecule has 3 aromatic rings. The van der Waals surface area contributed by atoms with Gasteiger partial charge in [-0.3, -0.25) is 4.98 Å². The van der Waals surface area contributed by atoms with Crippen molar-refractivity contribution in [1.29, 1.82) is 0 Å². The van der Waals surface area contributed by atoms with E-state index in [2.05, 4.69) is 15.1 Å². The van der Waals surface area contributed by atoms with Crippen LogP contribution in [0.3, 0.4) is 0 Å². The van der Waals surface area contributed by atoms with E-state index in [-0.39, 0.29) is 17.7 Å². The Bertz CT molecular complexity index is 872. The number of nitrogens with zero attached hydrogens (tertiary/aromatic N) is 4. The first-order valence-corrected chi connectivity index (χ1v) is 7.51. The number of hydrogen-bond acceptors (Lipinski definition) is 4. The van der Waals surface area contributed by atoms with E-state index < -0.39 is 29.0 Å². The van der Waals surface area contributed by atoms with Crippen LogP contribution in [0.1, 0.15) is 24.0 Å². The summed E-state index contributed by atoms with van der Waals surface area (Å²) in [5.74, 6) is -3.20. The van der Waals surface area contributed by atoms with Gasteiger partial charge in [0.05, 0.1) is 12.7 Å². The van der Waals surface area contributed by atoms with Crippen molar-refractivity contribution in [3.05, 3.63) is 77.9 Å². The van der Waals surface area contributed by atoms with Crippen LogP contribution < -0.4 is 0 Å². The van der Waals surface area contributed by atoms with Crippen LogP contribution in [0.5, 0.6) is 0 Å². The second-order valence-corrected chi connectivity index (χ2v) is 5.76. The lowest BCUT2D eigenvalue weighted by Crippen LogP contribution is -2.38. The van der Waals surface area contributed by atoms with E-state index >= 15 is 0 Å². The zero-order valence-electron chi connectivity index (χ0n) is 13.3. The zero-order chi connectivity index (χ0) is 18.0. The first kappa shape index (κ1) is 17.1. The van der Waals surface area contributed by atoms with Gasteiger partial charge in [-0.2, -0.15) is 5.10 Å². The average molecular weight is 348 g/mol. The molecule has 130 valence electrons. The van der Waals surface area contributed by atoms with E-state index in [0.717, 1.165) is 18.3 Å². The highest BCUT2D eigenvalue weighted by Crippen LogP contribution is 2.40. The van der Waals surface area contributed by atoms with Crippen LogP contribution in [0.4, 0.5) is 13.2 Å². The molecule has 1 N–H and O–H groups in total. The van der Waals surface area contributed by atoms with Crippen molar-refractivity contribution < 1.29 is 18.3 Å². The molecule has 2 atom stereocenters. The third kappa shape index (κ3) is 3.25. The van der Waals surface area contributed by atoms with Crippen molar-refractivity contribution >= 4 is 0 Å². The fraction of sp³-hybridized carbons (Fsp3) is 0.235. The number of benzene rings is 1. The second-order valence-electron chi connectivity index (χ2n) is 5.76. The summed E-state index contributed by atoms with van der Waals surface area (Å²) in [6.45, 7) is 1.36. The van der Waals surface area contributed by atoms with Gasteiger partial charge in [0.15, 0.2) is 0 Å². The molecular weight excluding hydrogens is 333 g/mol. The van der Waals surface area contributed by atoms with Gasteiger partial charge < -0.3 is 5.11 Å². The van der Waals surface area contributed by atoms with Gasteiger partial charge in [-0.1, -0.05) is 13.0 Å². The predicted molar refractivity (Wildman–Crippen MR) is 82.9 cm³/mol. The molecule has 0 fully saturated rings. The molecule has 0 spiro atoms. The molecule has 0 bridgehead atoms. The summed E-state index contributed by atoms with van der Waals surface area (Å²) in [5, 5.41) is 15.2. The van der Waals surface area contributed by atoms with Gasteiger partial charge in [0.25, 0.3) is 0 Å². The summed E-state index contributed by atoms with van der Waals surface area (Å²) in [7, 11) is 0. The van der Waals surface area contributed by atoms with Crippen molar-refractivity contribution in [2.24, 2.45) is 0 Å². The third-order valence-electron chi connectivity index (χ3n) is 4.25. The van der Waals surface area contributed by atoms with Crippen LogP contribution in [0.15, 0.2) is 49.3 Å². The molecule has 0 radical (unpaired) electrons. The molecule has 0 aliphatic rings. The summed E-state index contributed by atoms with van der Waals surface area (Å²) in [6, 6.07) is 4.28. The number of aliphatic hydroxyl groups is 1. The minimum Gasteiger partial charge on any atom is -0.382 e. The molecule has 0 saturated heterocycles. The first-order chi connectivity index (χ1) is 11.9. The molecule has 25 heavy (non-hydrogen) atoms. The van der Waals surface area contributed by atoms with Crippen LogP contribution in [0.2, 0.25) is 0 Å². The fourth-order valence-electron chi connectivity index (χ4n) is 2.85. The predicted octanol–water partition coefficient (Wildman–Crippen LogP) is 2.78. The van der Waals surface area contributed by atoms with Crippen LogP contribution >= 0.6 is 0 Å². The number of pyridine rings is 1. The molecular formula is C17H15F3N4O. The monoisotopic (exact) mass is 348 g/mol. The molecule has 2 aromatic heterocycles. The maximum atomic E-state index is 14.4. The summed E-state index contributed by atoms with van der Waals surface area (Å²) >= 11 is 0. The molecule has 0 amide bonds. The van der Waals surface area contributed by atoms with Gasteiger partial charge in [0.1, 0.15) is 35.7 Å². The average Bonchev–Trinajstić information content (AvgIpc) is 3.07. The Morgan fingerprint density at radius 1 is 1.16 bits per heavy atom. The Balaban J connectivity index is 2.13.